The van der Waals surface area contributed by atoms with Crippen molar-refractivity contribution in [3.05, 3.63) is 71.3 Å². The second-order valence-corrected chi connectivity index (χ2v) is 7.58. The van der Waals surface area contributed by atoms with Gasteiger partial charge in [-0.2, -0.15) is 0 Å². The van der Waals surface area contributed by atoms with E-state index in [-0.39, 0.29) is 24.8 Å². The molecule has 0 aliphatic carbocycles. The van der Waals surface area contributed by atoms with Gasteiger partial charge in [-0.3, -0.25) is 10.2 Å². The highest BCUT2D eigenvalue weighted by Crippen LogP contribution is 2.21. The third kappa shape index (κ3) is 5.58. The van der Waals surface area contributed by atoms with Crippen LogP contribution >= 0.6 is 12.4 Å². The standard InChI is InChI=1S/C17H19N3O3S.ClH/c1-24(22,23)15(13-5-3-2-4-6-13)17(21)20-11-12-7-9-14(10-8-12)16(18)19;/h2-10,15H,11H2,1H3,(H3,18,19)(H,20,21);1H/t15-;/m0./s1. The molecular weight excluding hydrogens is 362 g/mol. The molecule has 1 amide bonds. The lowest BCUT2D eigenvalue weighted by atomic mass is 10.1. The van der Waals surface area contributed by atoms with Gasteiger partial charge in [-0.05, 0) is 11.1 Å². The van der Waals surface area contributed by atoms with Gasteiger partial charge in [-0.25, -0.2) is 8.42 Å². The summed E-state index contributed by atoms with van der Waals surface area (Å²) in [5, 5.41) is 8.75. The number of benzene rings is 2. The second kappa shape index (κ2) is 8.64. The molecule has 1 atom stereocenters. The summed E-state index contributed by atoms with van der Waals surface area (Å²) >= 11 is 0. The number of rotatable bonds is 6. The molecule has 25 heavy (non-hydrogen) atoms. The molecule has 0 bridgehead atoms. The van der Waals surface area contributed by atoms with Crippen LogP contribution in [0.4, 0.5) is 0 Å². The van der Waals surface area contributed by atoms with Gasteiger partial charge >= 0.3 is 0 Å². The first-order chi connectivity index (χ1) is 11.3. The number of nitrogen functional groups attached to an aromatic ring is 1. The summed E-state index contributed by atoms with van der Waals surface area (Å²) in [6.45, 7) is 0.190. The average molecular weight is 382 g/mol. The molecular formula is C17H20ClN3O3S. The van der Waals surface area contributed by atoms with E-state index in [4.69, 9.17) is 11.1 Å². The SMILES string of the molecule is CS(=O)(=O)[C@H](C(=O)NCc1ccc(C(=N)N)cc1)c1ccccc1.Cl. The molecule has 0 saturated heterocycles. The van der Waals surface area contributed by atoms with Crippen LogP contribution in [0.15, 0.2) is 54.6 Å². The average Bonchev–Trinajstić information content (AvgIpc) is 2.53. The van der Waals surface area contributed by atoms with Crippen LogP contribution in [0, 0.1) is 5.41 Å². The van der Waals surface area contributed by atoms with Gasteiger partial charge in [0.25, 0.3) is 0 Å². The summed E-state index contributed by atoms with van der Waals surface area (Å²) in [5.41, 5.74) is 7.19. The third-order valence-corrected chi connectivity index (χ3v) is 4.84. The van der Waals surface area contributed by atoms with Crippen molar-refractivity contribution in [2.75, 3.05) is 6.26 Å². The van der Waals surface area contributed by atoms with Crippen molar-refractivity contribution in [1.82, 2.24) is 5.32 Å². The smallest absolute Gasteiger partial charge is 0.243 e. The zero-order chi connectivity index (χ0) is 17.7. The Morgan fingerprint density at radius 2 is 1.68 bits per heavy atom. The molecule has 0 heterocycles. The van der Waals surface area contributed by atoms with Crippen molar-refractivity contribution in [2.24, 2.45) is 5.73 Å². The van der Waals surface area contributed by atoms with Gasteiger partial charge in [0.2, 0.25) is 5.91 Å². The maximum absolute atomic E-state index is 12.4. The Kier molecular flexibility index (Phi) is 7.14. The van der Waals surface area contributed by atoms with Crippen molar-refractivity contribution < 1.29 is 13.2 Å². The van der Waals surface area contributed by atoms with Crippen LogP contribution in [0.1, 0.15) is 21.9 Å². The minimum Gasteiger partial charge on any atom is -0.384 e. The third-order valence-electron chi connectivity index (χ3n) is 3.50. The molecule has 8 heteroatoms. The summed E-state index contributed by atoms with van der Waals surface area (Å²) in [5.74, 6) is -0.605. The normalized spacial score (nSPS) is 11.9. The summed E-state index contributed by atoms with van der Waals surface area (Å²) in [6, 6.07) is 15.2. The maximum atomic E-state index is 12.4. The highest BCUT2D eigenvalue weighted by molar-refractivity contribution is 7.91. The van der Waals surface area contributed by atoms with Crippen LogP contribution in [0.25, 0.3) is 0 Å². The van der Waals surface area contributed by atoms with Crippen LogP contribution in [-0.2, 0) is 21.2 Å². The quantitative estimate of drug-likeness (QED) is 0.523. The number of amidine groups is 1. The van der Waals surface area contributed by atoms with Gasteiger partial charge in [0.05, 0.1) is 0 Å². The van der Waals surface area contributed by atoms with Gasteiger partial charge < -0.3 is 11.1 Å². The number of carbonyl (C=O) groups is 1. The van der Waals surface area contributed by atoms with Crippen LogP contribution < -0.4 is 11.1 Å². The molecule has 0 saturated carbocycles. The van der Waals surface area contributed by atoms with Crippen LogP contribution in [0.3, 0.4) is 0 Å². The first kappa shape index (κ1) is 20.7. The predicted octanol–water partition coefficient (Wildman–Crippen LogP) is 1.79. The molecule has 0 aromatic heterocycles. The lowest BCUT2D eigenvalue weighted by Gasteiger charge is -2.15. The van der Waals surface area contributed by atoms with Crippen molar-refractivity contribution in [3.63, 3.8) is 0 Å². The first-order valence-electron chi connectivity index (χ1n) is 7.24. The van der Waals surface area contributed by atoms with E-state index in [1.165, 1.54) is 0 Å². The monoisotopic (exact) mass is 381 g/mol. The number of nitrogens with one attached hydrogen (secondary N) is 2. The molecule has 0 fully saturated rings. The Balaban J connectivity index is 0.00000312. The molecule has 2 rings (SSSR count). The second-order valence-electron chi connectivity index (χ2n) is 5.45. The summed E-state index contributed by atoms with van der Waals surface area (Å²) in [4.78, 5) is 12.4. The van der Waals surface area contributed by atoms with Gasteiger partial charge in [-0.15, -0.1) is 12.4 Å². The number of sulfone groups is 1. The fourth-order valence-corrected chi connectivity index (χ4v) is 3.43. The fraction of sp³-hybridized carbons (Fsp3) is 0.176. The van der Waals surface area contributed by atoms with E-state index in [9.17, 15) is 13.2 Å². The molecule has 0 spiro atoms. The van der Waals surface area contributed by atoms with Crippen molar-refractivity contribution in [2.45, 2.75) is 11.8 Å². The molecule has 0 unspecified atom stereocenters. The predicted molar refractivity (Wildman–Crippen MR) is 101 cm³/mol. The lowest BCUT2D eigenvalue weighted by Crippen LogP contribution is -2.33. The molecule has 134 valence electrons. The lowest BCUT2D eigenvalue weighted by molar-refractivity contribution is -0.120. The number of carbonyl (C=O) groups excluding carboxylic acids is 1. The Morgan fingerprint density at radius 3 is 2.16 bits per heavy atom. The van der Waals surface area contributed by atoms with Crippen LogP contribution in [0.5, 0.6) is 0 Å². The Hall–Kier alpha value is -2.38. The zero-order valence-electron chi connectivity index (χ0n) is 13.6. The summed E-state index contributed by atoms with van der Waals surface area (Å²) in [7, 11) is -3.60. The van der Waals surface area contributed by atoms with Crippen molar-refractivity contribution >= 4 is 34.0 Å². The summed E-state index contributed by atoms with van der Waals surface area (Å²) < 4.78 is 24.0. The number of hydrogen-bond donors (Lipinski definition) is 3. The van der Waals surface area contributed by atoms with Crippen molar-refractivity contribution in [3.8, 4) is 0 Å². The fourth-order valence-electron chi connectivity index (χ4n) is 2.30. The Morgan fingerprint density at radius 1 is 1.12 bits per heavy atom. The highest BCUT2D eigenvalue weighted by Gasteiger charge is 2.30. The molecule has 4 N–H and O–H groups in total. The molecule has 0 radical (unpaired) electrons. The minimum atomic E-state index is -3.60. The Labute approximate surface area is 153 Å². The van der Waals surface area contributed by atoms with E-state index in [0.717, 1.165) is 11.8 Å². The van der Waals surface area contributed by atoms with Crippen LogP contribution in [-0.4, -0.2) is 26.4 Å². The van der Waals surface area contributed by atoms with Gasteiger partial charge in [0.15, 0.2) is 15.1 Å². The van der Waals surface area contributed by atoms with Gasteiger partial charge in [0, 0.05) is 18.4 Å². The minimum absolute atomic E-state index is 0. The summed E-state index contributed by atoms with van der Waals surface area (Å²) in [6.07, 6.45) is 1.05. The first-order valence-corrected chi connectivity index (χ1v) is 9.19. The van der Waals surface area contributed by atoms with E-state index in [2.05, 4.69) is 5.32 Å². The molecule has 6 nitrogen and oxygen atoms in total. The van der Waals surface area contributed by atoms with E-state index in [1.807, 2.05) is 0 Å². The van der Waals surface area contributed by atoms with Crippen LogP contribution in [0.2, 0.25) is 0 Å². The number of amides is 1. The zero-order valence-corrected chi connectivity index (χ0v) is 15.2. The number of halogens is 1. The van der Waals surface area contributed by atoms with Crippen molar-refractivity contribution in [1.29, 1.82) is 5.41 Å². The largest absolute Gasteiger partial charge is 0.384 e. The molecule has 0 aliphatic rings. The topological polar surface area (TPSA) is 113 Å². The number of hydrogen-bond acceptors (Lipinski definition) is 4. The Bertz CT molecular complexity index is 837. The van der Waals surface area contributed by atoms with Gasteiger partial charge in [0.1, 0.15) is 5.84 Å². The van der Waals surface area contributed by atoms with E-state index in [1.54, 1.807) is 54.6 Å². The van der Waals surface area contributed by atoms with Gasteiger partial charge in [-0.1, -0.05) is 54.6 Å². The van der Waals surface area contributed by atoms with E-state index < -0.39 is 21.0 Å². The van der Waals surface area contributed by atoms with E-state index >= 15 is 0 Å². The number of nitrogens with two attached hydrogens (primary N) is 1. The molecule has 0 aliphatic heterocycles. The maximum Gasteiger partial charge on any atom is 0.243 e. The van der Waals surface area contributed by atoms with E-state index in [0.29, 0.717) is 11.1 Å². The molecule has 2 aromatic rings. The molecule has 2 aromatic carbocycles. The highest BCUT2D eigenvalue weighted by atomic mass is 35.5.